The lowest BCUT2D eigenvalue weighted by molar-refractivity contribution is -0.137. The molecule has 1 rings (SSSR count). The molecule has 0 spiro atoms. The lowest BCUT2D eigenvalue weighted by atomic mass is 9.93. The summed E-state index contributed by atoms with van der Waals surface area (Å²) in [5.74, 6) is 5.77. The second-order valence-electron chi connectivity index (χ2n) is 5.34. The van der Waals surface area contributed by atoms with Crippen molar-refractivity contribution in [2.45, 2.75) is 45.5 Å². The fourth-order valence-electron chi connectivity index (χ4n) is 2.36. The molecule has 120 valence electrons. The van der Waals surface area contributed by atoms with Crippen LogP contribution in [0.4, 0.5) is 13.2 Å². The van der Waals surface area contributed by atoms with E-state index in [1.807, 2.05) is 20.8 Å². The van der Waals surface area contributed by atoms with Gasteiger partial charge in [-0.25, -0.2) is 0 Å². The standard InChI is InChI=1S/C15H23F3N2O/c1-4-21-14(10(2)3)13(20-19)9-11-6-5-7-12(8-11)15(16,17)18/h5-8,10,13-14,20H,4,9,19H2,1-3H3. The summed E-state index contributed by atoms with van der Waals surface area (Å²) in [5, 5.41) is 0. The first kappa shape index (κ1) is 17.9. The number of benzene rings is 1. The Labute approximate surface area is 123 Å². The van der Waals surface area contributed by atoms with Crippen molar-refractivity contribution in [2.75, 3.05) is 6.61 Å². The molecule has 0 aliphatic rings. The Morgan fingerprint density at radius 2 is 1.95 bits per heavy atom. The molecule has 0 amide bonds. The molecule has 0 fully saturated rings. The monoisotopic (exact) mass is 304 g/mol. The van der Waals surface area contributed by atoms with Crippen LogP contribution in [0, 0.1) is 5.92 Å². The molecule has 0 bridgehead atoms. The predicted molar refractivity (Wildman–Crippen MR) is 76.5 cm³/mol. The minimum atomic E-state index is -4.33. The van der Waals surface area contributed by atoms with E-state index < -0.39 is 11.7 Å². The van der Waals surface area contributed by atoms with Crippen molar-refractivity contribution in [3.63, 3.8) is 0 Å². The Morgan fingerprint density at radius 3 is 2.43 bits per heavy atom. The fraction of sp³-hybridized carbons (Fsp3) is 0.600. The Morgan fingerprint density at radius 1 is 1.29 bits per heavy atom. The van der Waals surface area contributed by atoms with Crippen molar-refractivity contribution in [3.8, 4) is 0 Å². The molecule has 2 unspecified atom stereocenters. The van der Waals surface area contributed by atoms with Gasteiger partial charge in [0, 0.05) is 6.61 Å². The van der Waals surface area contributed by atoms with Crippen LogP contribution in [-0.4, -0.2) is 18.8 Å². The SMILES string of the molecule is CCOC(C(C)C)C(Cc1cccc(C(F)(F)F)c1)NN. The van der Waals surface area contributed by atoms with Gasteiger partial charge in [-0.2, -0.15) is 13.2 Å². The van der Waals surface area contributed by atoms with Gasteiger partial charge in [0.2, 0.25) is 0 Å². The maximum atomic E-state index is 12.7. The Hall–Kier alpha value is -1.11. The normalized spacial score (nSPS) is 15.2. The Bertz CT molecular complexity index is 435. The smallest absolute Gasteiger partial charge is 0.377 e. The summed E-state index contributed by atoms with van der Waals surface area (Å²) in [4.78, 5) is 0. The van der Waals surface area contributed by atoms with Crippen LogP contribution in [0.2, 0.25) is 0 Å². The van der Waals surface area contributed by atoms with Crippen molar-refractivity contribution in [2.24, 2.45) is 11.8 Å². The number of alkyl halides is 3. The van der Waals surface area contributed by atoms with Gasteiger partial charge in [-0.05, 0) is 30.9 Å². The van der Waals surface area contributed by atoms with Gasteiger partial charge in [0.05, 0.1) is 17.7 Å². The van der Waals surface area contributed by atoms with Crippen molar-refractivity contribution in [1.29, 1.82) is 0 Å². The maximum Gasteiger partial charge on any atom is 0.416 e. The van der Waals surface area contributed by atoms with Gasteiger partial charge in [-0.1, -0.05) is 32.0 Å². The third kappa shape index (κ3) is 5.30. The van der Waals surface area contributed by atoms with Crippen molar-refractivity contribution in [1.82, 2.24) is 5.43 Å². The van der Waals surface area contributed by atoms with Crippen LogP contribution < -0.4 is 11.3 Å². The quantitative estimate of drug-likeness (QED) is 0.601. The average molecular weight is 304 g/mol. The minimum Gasteiger partial charge on any atom is -0.377 e. The van der Waals surface area contributed by atoms with E-state index in [0.29, 0.717) is 18.6 Å². The molecule has 2 atom stereocenters. The van der Waals surface area contributed by atoms with Gasteiger partial charge in [0.1, 0.15) is 0 Å². The summed E-state index contributed by atoms with van der Waals surface area (Å²) in [6, 6.07) is 5.07. The van der Waals surface area contributed by atoms with Gasteiger partial charge >= 0.3 is 6.18 Å². The summed E-state index contributed by atoms with van der Waals surface area (Å²) in [6.45, 7) is 6.41. The van der Waals surface area contributed by atoms with E-state index in [0.717, 1.165) is 12.1 Å². The van der Waals surface area contributed by atoms with E-state index in [9.17, 15) is 13.2 Å². The zero-order chi connectivity index (χ0) is 16.0. The summed E-state index contributed by atoms with van der Waals surface area (Å²) >= 11 is 0. The highest BCUT2D eigenvalue weighted by Gasteiger charge is 2.31. The van der Waals surface area contributed by atoms with Crippen LogP contribution in [0.1, 0.15) is 31.9 Å². The zero-order valence-electron chi connectivity index (χ0n) is 12.6. The molecule has 0 saturated heterocycles. The number of nitrogens with one attached hydrogen (secondary N) is 1. The average Bonchev–Trinajstić information content (AvgIpc) is 2.41. The number of nitrogens with two attached hydrogens (primary N) is 1. The van der Waals surface area contributed by atoms with E-state index in [2.05, 4.69) is 5.43 Å². The molecule has 1 aromatic carbocycles. The molecular formula is C15H23F3N2O. The first-order valence-electron chi connectivity index (χ1n) is 7.03. The summed E-state index contributed by atoms with van der Waals surface area (Å²) < 4.78 is 43.9. The summed E-state index contributed by atoms with van der Waals surface area (Å²) in [7, 11) is 0. The third-order valence-corrected chi connectivity index (χ3v) is 3.34. The second-order valence-corrected chi connectivity index (χ2v) is 5.34. The highest BCUT2D eigenvalue weighted by atomic mass is 19.4. The molecule has 3 N–H and O–H groups in total. The Kier molecular flexibility index (Phi) is 6.64. The van der Waals surface area contributed by atoms with Crippen LogP contribution >= 0.6 is 0 Å². The van der Waals surface area contributed by atoms with E-state index in [4.69, 9.17) is 10.6 Å². The number of halogens is 3. The molecule has 0 radical (unpaired) electrons. The lowest BCUT2D eigenvalue weighted by Gasteiger charge is -2.29. The first-order chi connectivity index (χ1) is 9.79. The number of hydrogen-bond acceptors (Lipinski definition) is 3. The molecule has 0 saturated carbocycles. The van der Waals surface area contributed by atoms with Crippen LogP contribution in [-0.2, 0) is 17.3 Å². The molecule has 6 heteroatoms. The van der Waals surface area contributed by atoms with Crippen molar-refractivity contribution >= 4 is 0 Å². The van der Waals surface area contributed by atoms with E-state index in [1.165, 1.54) is 6.07 Å². The number of hydrazine groups is 1. The summed E-state index contributed by atoms with van der Waals surface area (Å²) in [5.41, 5.74) is 2.61. The van der Waals surface area contributed by atoms with Crippen LogP contribution in [0.5, 0.6) is 0 Å². The van der Waals surface area contributed by atoms with E-state index >= 15 is 0 Å². The predicted octanol–water partition coefficient (Wildman–Crippen LogP) is 3.14. The molecule has 0 aliphatic heterocycles. The fourth-order valence-corrected chi connectivity index (χ4v) is 2.36. The second kappa shape index (κ2) is 7.77. The van der Waals surface area contributed by atoms with E-state index in [1.54, 1.807) is 6.07 Å². The van der Waals surface area contributed by atoms with Crippen molar-refractivity contribution in [3.05, 3.63) is 35.4 Å². The molecule has 3 nitrogen and oxygen atoms in total. The number of ether oxygens (including phenoxy) is 1. The number of hydrogen-bond donors (Lipinski definition) is 2. The van der Waals surface area contributed by atoms with Gasteiger partial charge in [-0.15, -0.1) is 0 Å². The first-order valence-corrected chi connectivity index (χ1v) is 7.03. The van der Waals surface area contributed by atoms with Crippen LogP contribution in [0.3, 0.4) is 0 Å². The molecule has 0 aromatic heterocycles. The summed E-state index contributed by atoms with van der Waals surface area (Å²) in [6.07, 6.45) is -4.11. The molecule has 1 aromatic rings. The van der Waals surface area contributed by atoms with Gasteiger partial charge < -0.3 is 4.74 Å². The van der Waals surface area contributed by atoms with E-state index in [-0.39, 0.29) is 18.1 Å². The number of rotatable bonds is 7. The highest BCUT2D eigenvalue weighted by molar-refractivity contribution is 5.26. The molecule has 21 heavy (non-hydrogen) atoms. The molecule has 0 heterocycles. The van der Waals surface area contributed by atoms with Crippen LogP contribution in [0.25, 0.3) is 0 Å². The van der Waals surface area contributed by atoms with Crippen LogP contribution in [0.15, 0.2) is 24.3 Å². The highest BCUT2D eigenvalue weighted by Crippen LogP contribution is 2.30. The Balaban J connectivity index is 2.90. The largest absolute Gasteiger partial charge is 0.416 e. The zero-order valence-corrected chi connectivity index (χ0v) is 12.6. The van der Waals surface area contributed by atoms with Crippen molar-refractivity contribution < 1.29 is 17.9 Å². The molecular weight excluding hydrogens is 281 g/mol. The third-order valence-electron chi connectivity index (χ3n) is 3.34. The maximum absolute atomic E-state index is 12.7. The molecule has 0 aliphatic carbocycles. The lowest BCUT2D eigenvalue weighted by Crippen LogP contribution is -2.48. The minimum absolute atomic E-state index is 0.158. The van der Waals surface area contributed by atoms with Gasteiger partial charge in [0.25, 0.3) is 0 Å². The van der Waals surface area contributed by atoms with Gasteiger partial charge in [0.15, 0.2) is 0 Å². The van der Waals surface area contributed by atoms with Gasteiger partial charge in [-0.3, -0.25) is 11.3 Å². The topological polar surface area (TPSA) is 47.3 Å².